The van der Waals surface area contributed by atoms with Crippen LogP contribution in [0.5, 0.6) is 0 Å². The molecule has 0 radical (unpaired) electrons. The molecule has 0 bridgehead atoms. The molecule has 10 aromatic rings. The Morgan fingerprint density at radius 2 is 0.902 bits per heavy atom. The number of hydrogen-bond donors (Lipinski definition) is 0. The Morgan fingerprint density at radius 1 is 0.333 bits per heavy atom. The zero-order chi connectivity index (χ0) is 33.5. The standard InChI is InChI=1S/C49H32N2/c1-2-14-35(15-3-1)50-45-22-9-8-19-41(45)44-29-32(26-28-48(44)50)33-25-27-42-40-18-7-11-24-47(40)51(49(42)31-33)46-23-10-6-17-39(46)38-21-12-20-37-36-16-5-4-13-34(36)30-43(37)38/h1-29,31H,30H2. The van der Waals surface area contributed by atoms with Crippen molar-refractivity contribution in [2.45, 2.75) is 6.42 Å². The van der Waals surface area contributed by atoms with Crippen LogP contribution in [0.4, 0.5) is 0 Å². The molecule has 2 heteroatoms. The summed E-state index contributed by atoms with van der Waals surface area (Å²) in [4.78, 5) is 0. The summed E-state index contributed by atoms with van der Waals surface area (Å²) in [5, 5.41) is 5.05. The summed E-state index contributed by atoms with van der Waals surface area (Å²) in [5.74, 6) is 0. The zero-order valence-corrected chi connectivity index (χ0v) is 27.9. The first-order valence-electron chi connectivity index (χ1n) is 17.7. The number of fused-ring (bicyclic) bond motifs is 9. The van der Waals surface area contributed by atoms with Gasteiger partial charge in [-0.2, -0.15) is 0 Å². The average molecular weight is 649 g/mol. The third-order valence-corrected chi connectivity index (χ3v) is 11.0. The van der Waals surface area contributed by atoms with Crippen LogP contribution in [0.2, 0.25) is 0 Å². The molecule has 2 nitrogen and oxygen atoms in total. The molecule has 0 atom stereocenters. The summed E-state index contributed by atoms with van der Waals surface area (Å²) in [6, 6.07) is 66.9. The highest BCUT2D eigenvalue weighted by atomic mass is 15.0. The molecule has 51 heavy (non-hydrogen) atoms. The van der Waals surface area contributed by atoms with Gasteiger partial charge in [0.05, 0.1) is 27.8 Å². The van der Waals surface area contributed by atoms with Crippen LogP contribution in [0.15, 0.2) is 182 Å². The smallest absolute Gasteiger partial charge is 0.0547 e. The molecule has 1 aliphatic carbocycles. The van der Waals surface area contributed by atoms with Crippen molar-refractivity contribution in [2.24, 2.45) is 0 Å². The first-order valence-corrected chi connectivity index (χ1v) is 17.7. The second-order valence-corrected chi connectivity index (χ2v) is 13.7. The van der Waals surface area contributed by atoms with Gasteiger partial charge in [0.15, 0.2) is 0 Å². The van der Waals surface area contributed by atoms with Crippen molar-refractivity contribution in [1.29, 1.82) is 0 Å². The molecule has 0 saturated heterocycles. The Hall–Kier alpha value is -6.64. The lowest BCUT2D eigenvalue weighted by Crippen LogP contribution is -1.99. The van der Waals surface area contributed by atoms with Crippen LogP contribution in [0.25, 0.3) is 88.4 Å². The minimum absolute atomic E-state index is 0.955. The lowest BCUT2D eigenvalue weighted by Gasteiger charge is -2.17. The van der Waals surface area contributed by atoms with E-state index in [1.54, 1.807) is 0 Å². The van der Waals surface area contributed by atoms with Crippen molar-refractivity contribution in [3.05, 3.63) is 193 Å². The Bertz CT molecular complexity index is 2990. The highest BCUT2D eigenvalue weighted by Crippen LogP contribution is 2.44. The number of aromatic nitrogens is 2. The van der Waals surface area contributed by atoms with Crippen molar-refractivity contribution >= 4 is 43.6 Å². The normalized spacial score (nSPS) is 12.2. The van der Waals surface area contributed by atoms with E-state index >= 15 is 0 Å². The van der Waals surface area contributed by atoms with E-state index in [-0.39, 0.29) is 0 Å². The second kappa shape index (κ2) is 10.9. The van der Waals surface area contributed by atoms with Crippen LogP contribution in [0.1, 0.15) is 11.1 Å². The third kappa shape index (κ3) is 4.17. The minimum Gasteiger partial charge on any atom is -0.309 e. The molecule has 238 valence electrons. The van der Waals surface area contributed by atoms with Crippen LogP contribution in [-0.4, -0.2) is 9.13 Å². The lowest BCUT2D eigenvalue weighted by molar-refractivity contribution is 1.18. The predicted octanol–water partition coefficient (Wildman–Crippen LogP) is 12.8. The van der Waals surface area contributed by atoms with Crippen molar-refractivity contribution in [3.63, 3.8) is 0 Å². The molecule has 0 spiro atoms. The monoisotopic (exact) mass is 648 g/mol. The lowest BCUT2D eigenvalue weighted by atomic mass is 9.94. The van der Waals surface area contributed by atoms with Crippen LogP contribution < -0.4 is 0 Å². The van der Waals surface area contributed by atoms with Gasteiger partial charge in [-0.25, -0.2) is 0 Å². The van der Waals surface area contributed by atoms with Crippen LogP contribution >= 0.6 is 0 Å². The SMILES string of the molecule is c1ccc(-n2c3ccccc3c3cc(-c4ccc5c6ccccc6n(-c6ccccc6-c6cccc7c6Cc6ccccc6-7)c5c4)ccc32)cc1. The Kier molecular flexibility index (Phi) is 6.05. The van der Waals surface area contributed by atoms with Gasteiger partial charge >= 0.3 is 0 Å². The molecule has 1 aliphatic rings. The number of hydrogen-bond acceptors (Lipinski definition) is 0. The number of para-hydroxylation sites is 4. The molecule has 11 rings (SSSR count). The summed E-state index contributed by atoms with van der Waals surface area (Å²) < 4.78 is 4.87. The predicted molar refractivity (Wildman–Crippen MR) is 214 cm³/mol. The van der Waals surface area contributed by atoms with Crippen molar-refractivity contribution in [1.82, 2.24) is 9.13 Å². The molecule has 8 aromatic carbocycles. The topological polar surface area (TPSA) is 9.86 Å². The largest absolute Gasteiger partial charge is 0.309 e. The molecule has 0 N–H and O–H groups in total. The van der Waals surface area contributed by atoms with Gasteiger partial charge in [-0.15, -0.1) is 0 Å². The van der Waals surface area contributed by atoms with E-state index in [1.807, 2.05) is 0 Å². The Labute approximate surface area is 296 Å². The number of nitrogens with zero attached hydrogens (tertiary/aromatic N) is 2. The van der Waals surface area contributed by atoms with Gasteiger partial charge in [0, 0.05) is 32.8 Å². The molecule has 2 heterocycles. The van der Waals surface area contributed by atoms with E-state index in [2.05, 4.69) is 191 Å². The molecule has 0 amide bonds. The van der Waals surface area contributed by atoms with Gasteiger partial charge in [0.25, 0.3) is 0 Å². The summed E-state index contributed by atoms with van der Waals surface area (Å²) in [6.07, 6.45) is 0.955. The summed E-state index contributed by atoms with van der Waals surface area (Å²) in [7, 11) is 0. The van der Waals surface area contributed by atoms with Gasteiger partial charge < -0.3 is 9.13 Å². The molecule has 0 unspecified atom stereocenters. The van der Waals surface area contributed by atoms with Crippen molar-refractivity contribution in [3.8, 4) is 44.8 Å². The van der Waals surface area contributed by atoms with Gasteiger partial charge in [-0.05, 0) is 93.9 Å². The second-order valence-electron chi connectivity index (χ2n) is 13.7. The van der Waals surface area contributed by atoms with E-state index in [0.717, 1.165) is 6.42 Å². The van der Waals surface area contributed by atoms with E-state index < -0.39 is 0 Å². The average Bonchev–Trinajstić information content (AvgIpc) is 3.85. The summed E-state index contributed by atoms with van der Waals surface area (Å²) >= 11 is 0. The van der Waals surface area contributed by atoms with Crippen LogP contribution in [-0.2, 0) is 6.42 Å². The maximum atomic E-state index is 2.49. The maximum absolute atomic E-state index is 2.49. The van der Waals surface area contributed by atoms with Crippen molar-refractivity contribution < 1.29 is 0 Å². The van der Waals surface area contributed by atoms with Crippen molar-refractivity contribution in [2.75, 3.05) is 0 Å². The van der Waals surface area contributed by atoms with Crippen LogP contribution in [0.3, 0.4) is 0 Å². The Balaban J connectivity index is 1.12. The first-order chi connectivity index (χ1) is 25.3. The molecule has 0 saturated carbocycles. The summed E-state index contributed by atoms with van der Waals surface area (Å²) in [5.41, 5.74) is 17.8. The van der Waals surface area contributed by atoms with E-state index in [1.165, 1.54) is 99.5 Å². The van der Waals surface area contributed by atoms with E-state index in [9.17, 15) is 0 Å². The maximum Gasteiger partial charge on any atom is 0.0547 e. The van der Waals surface area contributed by atoms with Crippen LogP contribution in [0, 0.1) is 0 Å². The van der Waals surface area contributed by atoms with Gasteiger partial charge in [0.1, 0.15) is 0 Å². The van der Waals surface area contributed by atoms with Gasteiger partial charge in [-0.1, -0.05) is 133 Å². The molecule has 0 fully saturated rings. The highest BCUT2D eigenvalue weighted by Gasteiger charge is 2.23. The van der Waals surface area contributed by atoms with Gasteiger partial charge in [-0.3, -0.25) is 0 Å². The minimum atomic E-state index is 0.955. The molecule has 2 aromatic heterocycles. The van der Waals surface area contributed by atoms with E-state index in [0.29, 0.717) is 0 Å². The fraction of sp³-hybridized carbons (Fsp3) is 0.0204. The zero-order valence-electron chi connectivity index (χ0n) is 27.9. The molecule has 0 aliphatic heterocycles. The van der Waals surface area contributed by atoms with E-state index in [4.69, 9.17) is 0 Å². The fourth-order valence-electron chi connectivity index (χ4n) is 8.72. The number of benzene rings is 8. The molecular weight excluding hydrogens is 617 g/mol. The third-order valence-electron chi connectivity index (χ3n) is 11.0. The molecular formula is C49H32N2. The fourth-order valence-corrected chi connectivity index (χ4v) is 8.72. The highest BCUT2D eigenvalue weighted by molar-refractivity contribution is 6.12. The summed E-state index contributed by atoms with van der Waals surface area (Å²) in [6.45, 7) is 0. The first kappa shape index (κ1) is 28.2. The quantitative estimate of drug-likeness (QED) is 0.180. The number of rotatable bonds is 4. The van der Waals surface area contributed by atoms with Gasteiger partial charge in [0.2, 0.25) is 0 Å². The Morgan fingerprint density at radius 3 is 1.75 bits per heavy atom.